The smallest absolute Gasteiger partial charge is 0.414 e. The molecule has 1 amide bonds. The van der Waals surface area contributed by atoms with E-state index >= 15 is 0 Å². The lowest BCUT2D eigenvalue weighted by Crippen LogP contribution is -2.27. The molecule has 0 bridgehead atoms. The highest BCUT2D eigenvalue weighted by Crippen LogP contribution is 2.22. The van der Waals surface area contributed by atoms with E-state index < -0.39 is 18.0 Å². The predicted molar refractivity (Wildman–Crippen MR) is 71.4 cm³/mol. The molecule has 1 aromatic carbocycles. The number of carbonyl (C=O) groups is 1. The van der Waals surface area contributed by atoms with Gasteiger partial charge in [-0.05, 0) is 17.3 Å². The van der Waals surface area contributed by atoms with Crippen LogP contribution in [-0.4, -0.2) is 38.4 Å². The Labute approximate surface area is 120 Å². The Kier molecular flexibility index (Phi) is 3.51. The molecule has 0 spiro atoms. The van der Waals surface area contributed by atoms with E-state index in [-0.39, 0.29) is 18.6 Å². The Balaban J connectivity index is 1.65. The zero-order valence-corrected chi connectivity index (χ0v) is 10.9. The number of aromatic nitrogens is 1. The lowest BCUT2D eigenvalue weighted by Gasteiger charge is -2.13. The topological polar surface area (TPSA) is 64.8 Å². The van der Waals surface area contributed by atoms with Crippen LogP contribution in [0.2, 0.25) is 0 Å². The summed E-state index contributed by atoms with van der Waals surface area (Å²) in [6, 6.07) is 5.69. The molecule has 1 aliphatic rings. The third kappa shape index (κ3) is 2.83. The van der Waals surface area contributed by atoms with E-state index in [9.17, 15) is 9.18 Å². The average molecular weight is 288 g/mol. The first kappa shape index (κ1) is 13.5. The van der Waals surface area contributed by atoms with Crippen LogP contribution in [0.25, 0.3) is 0 Å². The van der Waals surface area contributed by atoms with E-state index in [1.54, 1.807) is 12.1 Å². The van der Waals surface area contributed by atoms with Crippen LogP contribution in [0, 0.1) is 5.82 Å². The van der Waals surface area contributed by atoms with Crippen LogP contribution in [0.5, 0.6) is 5.88 Å². The molecule has 21 heavy (non-hydrogen) atoms. The number of carbonyl (C=O) groups excluding carboxylic acids is 1. The van der Waals surface area contributed by atoms with E-state index in [1.165, 1.54) is 23.3 Å². The summed E-state index contributed by atoms with van der Waals surface area (Å²) >= 11 is 0. The minimum absolute atomic E-state index is 0.0252. The van der Waals surface area contributed by atoms with Crippen LogP contribution in [0.4, 0.5) is 14.9 Å². The maximum Gasteiger partial charge on any atom is 0.414 e. The fourth-order valence-corrected chi connectivity index (χ4v) is 1.96. The van der Waals surface area contributed by atoms with Gasteiger partial charge in [-0.25, -0.2) is 9.18 Å². The zero-order chi connectivity index (χ0) is 14.8. The summed E-state index contributed by atoms with van der Waals surface area (Å²) in [6.07, 6.45) is 0.335. The molecule has 1 saturated heterocycles. The number of halogens is 1. The quantitative estimate of drug-likeness (QED) is 0.786. The highest BCUT2D eigenvalue weighted by Gasteiger charge is 2.33. The van der Waals surface area contributed by atoms with E-state index in [0.717, 1.165) is 0 Å². The van der Waals surface area contributed by atoms with Gasteiger partial charge in [0.15, 0.2) is 6.10 Å². The number of hydrogen-bond donors (Lipinski definition) is 0. The van der Waals surface area contributed by atoms with Crippen LogP contribution < -0.4 is 15.1 Å². The van der Waals surface area contributed by atoms with Crippen LogP contribution in [0.1, 0.15) is 0 Å². The maximum absolute atomic E-state index is 13.4. The van der Waals surface area contributed by atoms with Crippen molar-refractivity contribution in [2.24, 2.45) is 0 Å². The van der Waals surface area contributed by atoms with Gasteiger partial charge in [-0.1, -0.05) is 11.5 Å². The Morgan fingerprint density at radius 1 is 1.48 bits per heavy atom. The van der Waals surface area contributed by atoms with Gasteiger partial charge in [0.2, 0.25) is 0 Å². The first-order valence-electron chi connectivity index (χ1n) is 6.20. The first-order valence-corrected chi connectivity index (χ1v) is 6.20. The molecule has 1 atom stereocenters. The van der Waals surface area contributed by atoms with E-state index in [4.69, 9.17) is 17.3 Å². The van der Waals surface area contributed by atoms with Crippen molar-refractivity contribution in [1.29, 1.82) is 0 Å². The lowest BCUT2D eigenvalue weighted by molar-refractivity contribution is 0.102. The molecular weight excluding hydrogens is 278 g/mol. The predicted octanol–water partition coefficient (Wildman–Crippen LogP) is 1.01. The third-order valence-electron chi connectivity index (χ3n) is 3.00. The minimum atomic E-state index is -0.581. The summed E-state index contributed by atoms with van der Waals surface area (Å²) in [5.41, 5.74) is 0.410. The molecule has 0 aliphatic carbocycles. The third-order valence-corrected chi connectivity index (χ3v) is 3.00. The van der Waals surface area contributed by atoms with Crippen molar-refractivity contribution >= 4 is 25.1 Å². The summed E-state index contributed by atoms with van der Waals surface area (Å²) < 4.78 is 28.5. The number of anilines is 1. The van der Waals surface area contributed by atoms with Crippen molar-refractivity contribution in [3.8, 4) is 5.88 Å². The van der Waals surface area contributed by atoms with Gasteiger partial charge in [-0.2, -0.15) is 0 Å². The Bertz CT molecular complexity index is 650. The number of ether oxygens (including phenoxy) is 2. The van der Waals surface area contributed by atoms with Gasteiger partial charge < -0.3 is 14.0 Å². The molecule has 6 nitrogen and oxygen atoms in total. The molecule has 1 aromatic heterocycles. The van der Waals surface area contributed by atoms with E-state index in [0.29, 0.717) is 11.6 Å². The second-order valence-electron chi connectivity index (χ2n) is 4.47. The highest BCUT2D eigenvalue weighted by atomic mass is 19.1. The SMILES string of the molecule is [B]c1ccc(N2C[C@H](COc3ccon3)OC2=O)cc1F. The number of benzene rings is 1. The Morgan fingerprint density at radius 3 is 3.05 bits per heavy atom. The molecule has 8 heteroatoms. The fraction of sp³-hybridized carbons (Fsp3) is 0.231. The minimum Gasteiger partial charge on any atom is -0.471 e. The fourth-order valence-electron chi connectivity index (χ4n) is 1.96. The van der Waals surface area contributed by atoms with Crippen molar-refractivity contribution in [2.45, 2.75) is 6.10 Å². The summed E-state index contributed by atoms with van der Waals surface area (Å²) in [4.78, 5) is 13.1. The zero-order valence-electron chi connectivity index (χ0n) is 10.9. The maximum atomic E-state index is 13.4. The second-order valence-corrected chi connectivity index (χ2v) is 4.47. The molecule has 3 rings (SSSR count). The number of nitrogens with zero attached hydrogens (tertiary/aromatic N) is 2. The summed E-state index contributed by atoms with van der Waals surface area (Å²) in [5, 5.41) is 3.58. The van der Waals surface area contributed by atoms with Crippen molar-refractivity contribution in [3.05, 3.63) is 36.3 Å². The van der Waals surface area contributed by atoms with Gasteiger partial charge in [0.05, 0.1) is 12.2 Å². The molecule has 0 unspecified atom stereocenters. The van der Waals surface area contributed by atoms with Crippen LogP contribution in [0.3, 0.4) is 0 Å². The molecule has 2 heterocycles. The number of rotatable bonds is 4. The van der Waals surface area contributed by atoms with Crippen LogP contribution in [-0.2, 0) is 4.74 Å². The van der Waals surface area contributed by atoms with Crippen molar-refractivity contribution < 1.29 is 23.2 Å². The van der Waals surface area contributed by atoms with Gasteiger partial charge >= 0.3 is 6.09 Å². The molecular formula is C13H10BFN2O4. The van der Waals surface area contributed by atoms with Gasteiger partial charge in [-0.3, -0.25) is 4.90 Å². The van der Waals surface area contributed by atoms with Crippen LogP contribution >= 0.6 is 0 Å². The van der Waals surface area contributed by atoms with E-state index in [2.05, 4.69) is 9.68 Å². The van der Waals surface area contributed by atoms with Crippen LogP contribution in [0.15, 0.2) is 35.1 Å². The molecule has 0 N–H and O–H groups in total. The van der Waals surface area contributed by atoms with Crippen molar-refractivity contribution in [2.75, 3.05) is 18.1 Å². The molecule has 2 radical (unpaired) electrons. The molecule has 1 aliphatic heterocycles. The number of hydrogen-bond acceptors (Lipinski definition) is 5. The summed E-state index contributed by atoms with van der Waals surface area (Å²) in [7, 11) is 5.41. The van der Waals surface area contributed by atoms with Crippen molar-refractivity contribution in [1.82, 2.24) is 5.16 Å². The largest absolute Gasteiger partial charge is 0.471 e. The summed E-state index contributed by atoms with van der Waals surface area (Å²) in [5.74, 6) is -0.273. The molecule has 2 aromatic rings. The second kappa shape index (κ2) is 5.47. The van der Waals surface area contributed by atoms with Gasteiger partial charge in [0, 0.05) is 6.07 Å². The van der Waals surface area contributed by atoms with Gasteiger partial charge in [0.25, 0.3) is 5.88 Å². The first-order chi connectivity index (χ1) is 10.1. The van der Waals surface area contributed by atoms with Crippen molar-refractivity contribution in [3.63, 3.8) is 0 Å². The molecule has 1 fully saturated rings. The molecule has 106 valence electrons. The monoisotopic (exact) mass is 288 g/mol. The number of cyclic esters (lactones) is 1. The Morgan fingerprint density at radius 2 is 2.33 bits per heavy atom. The lowest BCUT2D eigenvalue weighted by atomic mass is 9.95. The number of amides is 1. The standard InChI is InChI=1S/C13H10BFN2O4/c14-10-2-1-8(5-11(10)15)17-6-9(21-13(17)18)7-19-12-3-4-20-16-12/h1-5,9H,6-7H2/t9-/m1/s1. The molecule has 0 saturated carbocycles. The average Bonchev–Trinajstić information content (AvgIpc) is 3.09. The summed E-state index contributed by atoms with van der Waals surface area (Å²) in [6.45, 7) is 0.381. The normalized spacial score (nSPS) is 17.9. The van der Waals surface area contributed by atoms with Gasteiger partial charge in [-0.15, -0.1) is 0 Å². The van der Waals surface area contributed by atoms with E-state index in [1.807, 2.05) is 0 Å². The van der Waals surface area contributed by atoms with Gasteiger partial charge in [0.1, 0.15) is 26.5 Å². The Hall–Kier alpha value is -2.51. The highest BCUT2D eigenvalue weighted by molar-refractivity contribution is 6.32.